The molecule has 0 aliphatic carbocycles. The number of benzene rings is 1. The fraction of sp³-hybridized carbons (Fsp3) is 0.444. The Morgan fingerprint density at radius 3 is 2.69 bits per heavy atom. The predicted octanol–water partition coefficient (Wildman–Crippen LogP) is 2.57. The third kappa shape index (κ3) is 3.96. The number of hydrogen-bond donors (Lipinski definition) is 2. The molecule has 1 aliphatic heterocycles. The van der Waals surface area contributed by atoms with Crippen LogP contribution in [0.4, 0.5) is 5.82 Å². The maximum absolute atomic E-state index is 12.8. The largest absolute Gasteiger partial charge is 0.309 e. The second kappa shape index (κ2) is 7.59. The van der Waals surface area contributed by atoms with Crippen LogP contribution < -0.4 is 5.32 Å². The zero-order chi connectivity index (χ0) is 18.7. The standard InChI is InChI=1S/C18H24N4O3S/c1-13(2)16-11-17(21-20-16)19-18(23)14-7-6-10-22(12-14)26(24,25)15-8-4-3-5-9-15/h3-5,8-9,11,13-14H,6-7,10,12H2,1-2H3,(H2,19,20,21,23). The van der Waals surface area contributed by atoms with Crippen LogP contribution in [-0.2, 0) is 14.8 Å². The van der Waals surface area contributed by atoms with E-state index < -0.39 is 10.0 Å². The van der Waals surface area contributed by atoms with E-state index in [-0.39, 0.29) is 29.2 Å². The summed E-state index contributed by atoms with van der Waals surface area (Å²) < 4.78 is 26.9. The highest BCUT2D eigenvalue weighted by molar-refractivity contribution is 7.89. The average molecular weight is 376 g/mol. The molecule has 140 valence electrons. The van der Waals surface area contributed by atoms with Gasteiger partial charge in [-0.1, -0.05) is 32.0 Å². The molecule has 1 fully saturated rings. The normalized spacial score (nSPS) is 18.8. The van der Waals surface area contributed by atoms with Crippen LogP contribution in [0.3, 0.4) is 0 Å². The Kier molecular flexibility index (Phi) is 5.43. The lowest BCUT2D eigenvalue weighted by Gasteiger charge is -2.31. The number of aromatic nitrogens is 2. The summed E-state index contributed by atoms with van der Waals surface area (Å²) in [6.45, 7) is 4.69. The molecule has 0 spiro atoms. The van der Waals surface area contributed by atoms with Crippen LogP contribution >= 0.6 is 0 Å². The van der Waals surface area contributed by atoms with Gasteiger partial charge < -0.3 is 5.32 Å². The van der Waals surface area contributed by atoms with E-state index in [2.05, 4.69) is 15.5 Å². The number of H-pyrrole nitrogens is 1. The molecule has 1 unspecified atom stereocenters. The second-order valence-electron chi connectivity index (χ2n) is 6.87. The van der Waals surface area contributed by atoms with Crippen molar-refractivity contribution in [3.05, 3.63) is 42.1 Å². The van der Waals surface area contributed by atoms with E-state index in [4.69, 9.17) is 0 Å². The first-order chi connectivity index (χ1) is 12.4. The number of carbonyl (C=O) groups excluding carboxylic acids is 1. The highest BCUT2D eigenvalue weighted by Gasteiger charge is 2.33. The topological polar surface area (TPSA) is 95.2 Å². The summed E-state index contributed by atoms with van der Waals surface area (Å²) >= 11 is 0. The number of carbonyl (C=O) groups is 1. The van der Waals surface area contributed by atoms with E-state index in [1.165, 1.54) is 4.31 Å². The van der Waals surface area contributed by atoms with E-state index in [0.29, 0.717) is 25.2 Å². The van der Waals surface area contributed by atoms with Crippen molar-refractivity contribution < 1.29 is 13.2 Å². The van der Waals surface area contributed by atoms with Gasteiger partial charge in [0.05, 0.1) is 10.8 Å². The molecule has 0 saturated carbocycles. The third-order valence-electron chi connectivity index (χ3n) is 4.61. The van der Waals surface area contributed by atoms with Crippen molar-refractivity contribution in [2.75, 3.05) is 18.4 Å². The Balaban J connectivity index is 1.68. The van der Waals surface area contributed by atoms with Crippen molar-refractivity contribution in [2.45, 2.75) is 37.5 Å². The second-order valence-corrected chi connectivity index (χ2v) is 8.81. The predicted molar refractivity (Wildman–Crippen MR) is 99.2 cm³/mol. The fourth-order valence-corrected chi connectivity index (χ4v) is 4.59. The molecular weight excluding hydrogens is 352 g/mol. The summed E-state index contributed by atoms with van der Waals surface area (Å²) in [6.07, 6.45) is 1.32. The molecule has 2 N–H and O–H groups in total. The lowest BCUT2D eigenvalue weighted by molar-refractivity contribution is -0.120. The van der Waals surface area contributed by atoms with Crippen molar-refractivity contribution in [2.24, 2.45) is 5.92 Å². The van der Waals surface area contributed by atoms with E-state index in [1.54, 1.807) is 30.3 Å². The van der Waals surface area contributed by atoms with Gasteiger partial charge >= 0.3 is 0 Å². The fourth-order valence-electron chi connectivity index (χ4n) is 3.04. The minimum Gasteiger partial charge on any atom is -0.309 e. The number of nitrogens with one attached hydrogen (secondary N) is 2. The summed E-state index contributed by atoms with van der Waals surface area (Å²) in [7, 11) is -3.58. The van der Waals surface area contributed by atoms with Crippen LogP contribution in [0.15, 0.2) is 41.3 Å². The van der Waals surface area contributed by atoms with Crippen LogP contribution in [0.5, 0.6) is 0 Å². The lowest BCUT2D eigenvalue weighted by atomic mass is 9.99. The first-order valence-corrected chi connectivity index (χ1v) is 10.2. The van der Waals surface area contributed by atoms with E-state index >= 15 is 0 Å². The summed E-state index contributed by atoms with van der Waals surface area (Å²) in [5.74, 6) is 0.178. The summed E-state index contributed by atoms with van der Waals surface area (Å²) in [4.78, 5) is 12.8. The van der Waals surface area contributed by atoms with Gasteiger partial charge in [0.1, 0.15) is 0 Å². The van der Waals surface area contributed by atoms with Gasteiger partial charge in [0, 0.05) is 24.8 Å². The first kappa shape index (κ1) is 18.6. The van der Waals surface area contributed by atoms with E-state index in [1.807, 2.05) is 19.9 Å². The minimum atomic E-state index is -3.58. The van der Waals surface area contributed by atoms with Crippen molar-refractivity contribution in [3.63, 3.8) is 0 Å². The molecule has 8 heteroatoms. The van der Waals surface area contributed by atoms with Crippen molar-refractivity contribution in [1.29, 1.82) is 0 Å². The quantitative estimate of drug-likeness (QED) is 0.838. The van der Waals surface area contributed by atoms with Crippen LogP contribution in [-0.4, -0.2) is 41.9 Å². The maximum atomic E-state index is 12.8. The molecule has 1 aromatic carbocycles. The molecule has 1 amide bonds. The highest BCUT2D eigenvalue weighted by Crippen LogP contribution is 2.25. The van der Waals surface area contributed by atoms with Crippen LogP contribution in [0.1, 0.15) is 38.3 Å². The molecule has 1 atom stereocenters. The van der Waals surface area contributed by atoms with E-state index in [9.17, 15) is 13.2 Å². The Bertz CT molecular complexity index is 862. The molecule has 0 radical (unpaired) electrons. The highest BCUT2D eigenvalue weighted by atomic mass is 32.2. The van der Waals surface area contributed by atoms with Gasteiger partial charge in [0.2, 0.25) is 15.9 Å². The first-order valence-electron chi connectivity index (χ1n) is 8.79. The van der Waals surface area contributed by atoms with Gasteiger partial charge in [-0.15, -0.1) is 0 Å². The Morgan fingerprint density at radius 2 is 2.04 bits per heavy atom. The Hall–Kier alpha value is -2.19. The van der Waals surface area contributed by atoms with Crippen molar-refractivity contribution >= 4 is 21.7 Å². The average Bonchev–Trinajstić information content (AvgIpc) is 3.11. The molecule has 0 bridgehead atoms. The SMILES string of the molecule is CC(C)c1cc(NC(=O)C2CCCN(S(=O)(=O)c3ccccc3)C2)n[nH]1. The number of anilines is 1. The summed E-state index contributed by atoms with van der Waals surface area (Å²) in [6, 6.07) is 10.1. The molecular formula is C18H24N4O3S. The molecule has 3 rings (SSSR count). The minimum absolute atomic E-state index is 0.185. The third-order valence-corrected chi connectivity index (χ3v) is 6.49. The molecule has 2 aromatic rings. The van der Waals surface area contributed by atoms with Crippen molar-refractivity contribution in [1.82, 2.24) is 14.5 Å². The lowest BCUT2D eigenvalue weighted by Crippen LogP contribution is -2.43. The number of hydrogen-bond acceptors (Lipinski definition) is 4. The maximum Gasteiger partial charge on any atom is 0.243 e. The number of sulfonamides is 1. The van der Waals surface area contributed by atoms with Gasteiger partial charge in [0.25, 0.3) is 0 Å². The molecule has 1 aliphatic rings. The number of aromatic amines is 1. The number of piperidine rings is 1. The van der Waals surface area contributed by atoms with Gasteiger partial charge in [0.15, 0.2) is 5.82 Å². The molecule has 1 saturated heterocycles. The summed E-state index contributed by atoms with van der Waals surface area (Å²) in [5.41, 5.74) is 0.942. The van der Waals surface area contributed by atoms with E-state index in [0.717, 1.165) is 5.69 Å². The van der Waals surface area contributed by atoms with Gasteiger partial charge in [-0.2, -0.15) is 9.40 Å². The Labute approximate surface area is 153 Å². The number of amides is 1. The van der Waals surface area contributed by atoms with Gasteiger partial charge in [-0.25, -0.2) is 8.42 Å². The molecule has 26 heavy (non-hydrogen) atoms. The Morgan fingerprint density at radius 1 is 1.31 bits per heavy atom. The van der Waals surface area contributed by atoms with Crippen LogP contribution in [0, 0.1) is 5.92 Å². The van der Waals surface area contributed by atoms with Crippen LogP contribution in [0.2, 0.25) is 0 Å². The zero-order valence-corrected chi connectivity index (χ0v) is 15.8. The smallest absolute Gasteiger partial charge is 0.243 e. The van der Waals surface area contributed by atoms with Crippen molar-refractivity contribution in [3.8, 4) is 0 Å². The van der Waals surface area contributed by atoms with Gasteiger partial charge in [-0.3, -0.25) is 9.89 Å². The molecule has 2 heterocycles. The summed E-state index contributed by atoms with van der Waals surface area (Å²) in [5, 5.41) is 9.79. The van der Waals surface area contributed by atoms with Gasteiger partial charge in [-0.05, 0) is 30.9 Å². The monoisotopic (exact) mass is 376 g/mol. The number of nitrogens with zero attached hydrogens (tertiary/aromatic N) is 2. The molecule has 1 aromatic heterocycles. The zero-order valence-electron chi connectivity index (χ0n) is 15.0. The van der Waals surface area contributed by atoms with Crippen LogP contribution in [0.25, 0.3) is 0 Å². The molecule has 7 nitrogen and oxygen atoms in total. The number of rotatable bonds is 5.